The number of benzene rings is 2. The number of rotatable bonds is 5. The summed E-state index contributed by atoms with van der Waals surface area (Å²) in [6.45, 7) is 0. The molecule has 178 valence electrons. The van der Waals surface area contributed by atoms with Crippen molar-refractivity contribution in [1.29, 1.82) is 0 Å². The van der Waals surface area contributed by atoms with Crippen molar-refractivity contribution in [3.8, 4) is 23.0 Å². The topological polar surface area (TPSA) is 114 Å². The number of hydrogen-bond acceptors (Lipinski definition) is 5. The van der Waals surface area contributed by atoms with Gasteiger partial charge in [-0.25, -0.2) is 9.78 Å². The van der Waals surface area contributed by atoms with Crippen LogP contribution in [0.5, 0.6) is 5.75 Å². The summed E-state index contributed by atoms with van der Waals surface area (Å²) < 4.78 is 6.74. The second kappa shape index (κ2) is 9.63. The van der Waals surface area contributed by atoms with Crippen LogP contribution in [0.3, 0.4) is 0 Å². The Balaban J connectivity index is 1.52. The molecule has 2 aromatic carbocycles. The lowest BCUT2D eigenvalue weighted by molar-refractivity contribution is 0.262. The van der Waals surface area contributed by atoms with E-state index in [0.717, 1.165) is 36.1 Å². The third-order valence-corrected chi connectivity index (χ3v) is 6.04. The molecule has 35 heavy (non-hydrogen) atoms. The Labute approximate surface area is 206 Å². The number of nitrogens with zero attached hydrogens (tertiary/aromatic N) is 3. The molecule has 0 saturated carbocycles. The number of fused-ring (bicyclic) bond motifs is 1. The highest BCUT2D eigenvalue weighted by Crippen LogP contribution is 2.29. The monoisotopic (exact) mass is 490 g/mol. The van der Waals surface area contributed by atoms with E-state index in [1.165, 1.54) is 11.8 Å². The molecule has 1 aliphatic rings. The number of carbonyl (C=O) groups is 1. The van der Waals surface area contributed by atoms with Gasteiger partial charge in [-0.1, -0.05) is 41.9 Å². The molecule has 0 spiro atoms. The van der Waals surface area contributed by atoms with Crippen molar-refractivity contribution in [3.05, 3.63) is 81.2 Å². The third-order valence-electron chi connectivity index (χ3n) is 5.81. The van der Waals surface area contributed by atoms with Crippen LogP contribution in [0, 0.1) is 0 Å². The Morgan fingerprint density at radius 2 is 1.89 bits per heavy atom. The summed E-state index contributed by atoms with van der Waals surface area (Å²) in [6, 6.07) is 15.7. The van der Waals surface area contributed by atoms with Crippen molar-refractivity contribution in [2.45, 2.75) is 25.7 Å². The van der Waals surface area contributed by atoms with Crippen LogP contribution in [0.1, 0.15) is 24.1 Å². The van der Waals surface area contributed by atoms with Crippen LogP contribution in [0.2, 0.25) is 5.02 Å². The Kier molecular flexibility index (Phi) is 6.24. The second-order valence-electron chi connectivity index (χ2n) is 8.14. The lowest BCUT2D eigenvalue weighted by Gasteiger charge is -2.15. The summed E-state index contributed by atoms with van der Waals surface area (Å²) in [6.07, 6.45) is 3.39. The highest BCUT2D eigenvalue weighted by atomic mass is 35.5. The van der Waals surface area contributed by atoms with E-state index in [2.05, 4.69) is 25.7 Å². The molecular weight excluding hydrogens is 468 g/mol. The molecule has 0 aliphatic heterocycles. The van der Waals surface area contributed by atoms with Gasteiger partial charge < -0.3 is 10.1 Å². The van der Waals surface area contributed by atoms with Gasteiger partial charge in [0.2, 0.25) is 5.95 Å². The lowest BCUT2D eigenvalue weighted by Crippen LogP contribution is -2.25. The van der Waals surface area contributed by atoms with Crippen LogP contribution in [-0.2, 0) is 12.8 Å². The van der Waals surface area contributed by atoms with Crippen molar-refractivity contribution in [3.63, 3.8) is 0 Å². The average Bonchev–Trinajstić information content (AvgIpc) is 3.28. The second-order valence-corrected chi connectivity index (χ2v) is 8.57. The summed E-state index contributed by atoms with van der Waals surface area (Å²) in [5.41, 5.74) is 3.18. The maximum absolute atomic E-state index is 12.9. The van der Waals surface area contributed by atoms with Crippen molar-refractivity contribution in [1.82, 2.24) is 19.7 Å². The molecule has 9 nitrogen and oxygen atoms in total. The Hall–Kier alpha value is -4.11. The summed E-state index contributed by atoms with van der Waals surface area (Å²) in [5.74, 6) is 1.04. The predicted molar refractivity (Wildman–Crippen MR) is 135 cm³/mol. The minimum Gasteiger partial charge on any atom is -0.495 e. The molecule has 2 aromatic heterocycles. The van der Waals surface area contributed by atoms with Gasteiger partial charge in [0.1, 0.15) is 11.6 Å². The number of ether oxygens (including phenoxy) is 1. The largest absolute Gasteiger partial charge is 0.495 e. The lowest BCUT2D eigenvalue weighted by atomic mass is 9.97. The molecule has 0 saturated heterocycles. The van der Waals surface area contributed by atoms with E-state index in [-0.39, 0.29) is 11.5 Å². The van der Waals surface area contributed by atoms with Gasteiger partial charge in [-0.2, -0.15) is 9.78 Å². The molecule has 0 radical (unpaired) electrons. The minimum absolute atomic E-state index is 0.180. The molecular formula is C25H23ClN6O3. The number of nitrogens with one attached hydrogen (secondary N) is 3. The van der Waals surface area contributed by atoms with Crippen molar-refractivity contribution < 1.29 is 9.53 Å². The van der Waals surface area contributed by atoms with E-state index in [9.17, 15) is 9.59 Å². The molecule has 3 N–H and O–H groups in total. The summed E-state index contributed by atoms with van der Waals surface area (Å²) in [7, 11) is 1.51. The number of halogens is 1. The Bertz CT molecular complexity index is 1450. The van der Waals surface area contributed by atoms with Gasteiger partial charge in [-0.05, 0) is 43.9 Å². The number of aromatic amines is 1. The van der Waals surface area contributed by atoms with Crippen LogP contribution >= 0.6 is 11.6 Å². The zero-order chi connectivity index (χ0) is 24.4. The smallest absolute Gasteiger partial charge is 0.324 e. The number of urea groups is 1. The number of methoxy groups -OCH3 is 1. The van der Waals surface area contributed by atoms with Crippen LogP contribution in [0.4, 0.5) is 16.3 Å². The number of aromatic nitrogens is 4. The fourth-order valence-corrected chi connectivity index (χ4v) is 4.29. The molecule has 10 heteroatoms. The molecule has 0 fully saturated rings. The Morgan fingerprint density at radius 3 is 2.69 bits per heavy atom. The van der Waals surface area contributed by atoms with Gasteiger partial charge in [-0.3, -0.25) is 15.1 Å². The van der Waals surface area contributed by atoms with E-state index < -0.39 is 6.03 Å². The molecule has 4 aromatic rings. The first-order chi connectivity index (χ1) is 17.0. The minimum atomic E-state index is -0.536. The van der Waals surface area contributed by atoms with Crippen LogP contribution in [-0.4, -0.2) is 32.9 Å². The molecule has 0 atom stereocenters. The van der Waals surface area contributed by atoms with Gasteiger partial charge in [-0.15, -0.1) is 0 Å². The summed E-state index contributed by atoms with van der Waals surface area (Å²) in [4.78, 5) is 33.2. The van der Waals surface area contributed by atoms with E-state index in [0.29, 0.717) is 34.4 Å². The highest BCUT2D eigenvalue weighted by Gasteiger charge is 2.20. The van der Waals surface area contributed by atoms with E-state index in [4.69, 9.17) is 16.3 Å². The molecule has 0 bridgehead atoms. The molecule has 1 aliphatic carbocycles. The molecule has 2 amide bonds. The molecule has 2 heterocycles. The normalized spacial score (nSPS) is 12.6. The molecule has 5 rings (SSSR count). The van der Waals surface area contributed by atoms with Crippen LogP contribution in [0.25, 0.3) is 17.2 Å². The van der Waals surface area contributed by atoms with Crippen molar-refractivity contribution in [2.75, 3.05) is 17.7 Å². The molecule has 0 unspecified atom stereocenters. The third kappa shape index (κ3) is 4.76. The maximum atomic E-state index is 12.9. The van der Waals surface area contributed by atoms with E-state index >= 15 is 0 Å². The number of aryl methyl sites for hydroxylation is 1. The first-order valence-electron chi connectivity index (χ1n) is 11.2. The van der Waals surface area contributed by atoms with E-state index in [1.807, 2.05) is 30.3 Å². The fourth-order valence-electron chi connectivity index (χ4n) is 4.12. The SMILES string of the molecule is COc1ccc(Cl)cc1NC(=O)Nc1cc(-c2ccccc2)nn1-c1nc2c(c(=O)[nH]1)CCCC2. The zero-order valence-electron chi connectivity index (χ0n) is 19.0. The number of H-pyrrole nitrogens is 1. The summed E-state index contributed by atoms with van der Waals surface area (Å²) >= 11 is 6.08. The van der Waals surface area contributed by atoms with Crippen LogP contribution in [0.15, 0.2) is 59.4 Å². The van der Waals surface area contributed by atoms with Crippen molar-refractivity contribution >= 4 is 29.1 Å². The zero-order valence-corrected chi connectivity index (χ0v) is 19.7. The quantitative estimate of drug-likeness (QED) is 0.371. The van der Waals surface area contributed by atoms with Crippen LogP contribution < -0.4 is 20.9 Å². The fraction of sp³-hybridized carbons (Fsp3) is 0.200. The van der Waals surface area contributed by atoms with Gasteiger partial charge in [0, 0.05) is 22.2 Å². The van der Waals surface area contributed by atoms with Gasteiger partial charge in [0.15, 0.2) is 0 Å². The standard InChI is InChI=1S/C25H23ClN6O3/c1-35-21-12-11-16(26)13-20(21)28-25(34)29-22-14-19(15-7-3-2-4-8-15)31-32(22)24-27-18-10-6-5-9-17(18)23(33)30-24/h2-4,7-8,11-14H,5-6,9-10H2,1H3,(H,27,30,33)(H2,28,29,34). The first kappa shape index (κ1) is 22.7. The average molecular weight is 491 g/mol. The van der Waals surface area contributed by atoms with Crippen molar-refractivity contribution in [2.24, 2.45) is 0 Å². The summed E-state index contributed by atoms with van der Waals surface area (Å²) in [5, 5.41) is 10.7. The number of hydrogen-bond donors (Lipinski definition) is 3. The van der Waals surface area contributed by atoms with E-state index in [1.54, 1.807) is 24.3 Å². The maximum Gasteiger partial charge on any atom is 0.324 e. The van der Waals surface area contributed by atoms with Gasteiger partial charge >= 0.3 is 6.03 Å². The first-order valence-corrected chi connectivity index (χ1v) is 11.6. The number of carbonyl (C=O) groups excluding carboxylic acids is 1. The van der Waals surface area contributed by atoms with Gasteiger partial charge in [0.25, 0.3) is 5.56 Å². The van der Waals surface area contributed by atoms with Gasteiger partial charge in [0.05, 0.1) is 24.2 Å². The highest BCUT2D eigenvalue weighted by molar-refractivity contribution is 6.31. The predicted octanol–water partition coefficient (Wildman–Crippen LogP) is 4.81. The Morgan fingerprint density at radius 1 is 1.09 bits per heavy atom. The number of anilines is 2. The number of amides is 2.